The van der Waals surface area contributed by atoms with Crippen LogP contribution in [0.15, 0.2) is 30.3 Å². The van der Waals surface area contributed by atoms with E-state index >= 15 is 0 Å². The number of carbonyl (C=O) groups excluding carboxylic acids is 1. The van der Waals surface area contributed by atoms with Gasteiger partial charge in [0.2, 0.25) is 0 Å². The van der Waals surface area contributed by atoms with Gasteiger partial charge >= 0.3 is 6.03 Å². The number of ether oxygens (including phenoxy) is 2. The van der Waals surface area contributed by atoms with Crippen molar-refractivity contribution in [2.75, 3.05) is 45.3 Å². The first-order chi connectivity index (χ1) is 14.2. The van der Waals surface area contributed by atoms with Gasteiger partial charge in [0, 0.05) is 38.6 Å². The van der Waals surface area contributed by atoms with Crippen molar-refractivity contribution < 1.29 is 14.3 Å². The second-order valence-electron chi connectivity index (χ2n) is 7.41. The standard InChI is InChI=1S/C21H27N5O3/c1-28-18-7-3-15(13-19(18)29-2)14-22-21(27)26-11-9-25(10-12-26)20-8-6-17(23-24-20)16-4-5-16/h3,6-8,13,16H,4-5,9-12,14H2,1-2H3,(H,22,27). The van der Waals surface area contributed by atoms with Crippen LogP contribution in [0.1, 0.15) is 30.0 Å². The number of anilines is 1. The van der Waals surface area contributed by atoms with Gasteiger partial charge in [0.15, 0.2) is 17.3 Å². The predicted molar refractivity (Wildman–Crippen MR) is 110 cm³/mol. The van der Waals surface area contributed by atoms with Gasteiger partial charge in [-0.2, -0.15) is 5.10 Å². The molecule has 1 aromatic heterocycles. The molecule has 1 aromatic carbocycles. The lowest BCUT2D eigenvalue weighted by Crippen LogP contribution is -2.52. The number of carbonyl (C=O) groups is 1. The number of nitrogens with zero attached hydrogens (tertiary/aromatic N) is 4. The zero-order chi connectivity index (χ0) is 20.2. The van der Waals surface area contributed by atoms with Crippen LogP contribution >= 0.6 is 0 Å². The van der Waals surface area contributed by atoms with Gasteiger partial charge in [-0.05, 0) is 42.7 Å². The minimum absolute atomic E-state index is 0.0606. The Morgan fingerprint density at radius 1 is 1.03 bits per heavy atom. The fourth-order valence-electron chi connectivity index (χ4n) is 3.52. The summed E-state index contributed by atoms with van der Waals surface area (Å²) >= 11 is 0. The quantitative estimate of drug-likeness (QED) is 0.806. The van der Waals surface area contributed by atoms with Gasteiger partial charge in [-0.3, -0.25) is 0 Å². The monoisotopic (exact) mass is 397 g/mol. The van der Waals surface area contributed by atoms with Gasteiger partial charge in [-0.15, -0.1) is 5.10 Å². The van der Waals surface area contributed by atoms with Gasteiger partial charge in [-0.25, -0.2) is 4.79 Å². The van der Waals surface area contributed by atoms with Crippen LogP contribution in [0, 0.1) is 0 Å². The molecule has 2 aromatic rings. The summed E-state index contributed by atoms with van der Waals surface area (Å²) in [6, 6.07) is 9.71. The molecule has 1 N–H and O–H groups in total. The molecule has 2 fully saturated rings. The molecule has 1 saturated carbocycles. The maximum atomic E-state index is 12.5. The van der Waals surface area contributed by atoms with E-state index in [2.05, 4.69) is 26.5 Å². The largest absolute Gasteiger partial charge is 0.493 e. The van der Waals surface area contributed by atoms with E-state index in [4.69, 9.17) is 9.47 Å². The molecule has 29 heavy (non-hydrogen) atoms. The van der Waals surface area contributed by atoms with Crippen LogP contribution in [-0.4, -0.2) is 61.5 Å². The van der Waals surface area contributed by atoms with Crippen LogP contribution in [0.4, 0.5) is 10.6 Å². The van der Waals surface area contributed by atoms with Crippen molar-refractivity contribution in [3.8, 4) is 11.5 Å². The highest BCUT2D eigenvalue weighted by atomic mass is 16.5. The maximum Gasteiger partial charge on any atom is 0.317 e. The fourth-order valence-corrected chi connectivity index (χ4v) is 3.52. The molecule has 1 saturated heterocycles. The number of methoxy groups -OCH3 is 2. The molecule has 2 amide bonds. The minimum atomic E-state index is -0.0606. The van der Waals surface area contributed by atoms with Crippen molar-refractivity contribution in [1.82, 2.24) is 20.4 Å². The third kappa shape index (κ3) is 4.52. The Bertz CT molecular complexity index is 846. The van der Waals surface area contributed by atoms with Gasteiger partial charge < -0.3 is 24.6 Å². The summed E-state index contributed by atoms with van der Waals surface area (Å²) in [5.41, 5.74) is 2.06. The fraction of sp³-hybridized carbons (Fsp3) is 0.476. The van der Waals surface area contributed by atoms with Crippen molar-refractivity contribution in [2.45, 2.75) is 25.3 Å². The average molecular weight is 397 g/mol. The van der Waals surface area contributed by atoms with Crippen LogP contribution in [0.2, 0.25) is 0 Å². The van der Waals surface area contributed by atoms with Crippen LogP contribution in [0.3, 0.4) is 0 Å². The molecule has 154 valence electrons. The van der Waals surface area contributed by atoms with Crippen molar-refractivity contribution in [3.63, 3.8) is 0 Å². The topological polar surface area (TPSA) is 79.8 Å². The third-order valence-corrected chi connectivity index (χ3v) is 5.45. The smallest absolute Gasteiger partial charge is 0.317 e. The Balaban J connectivity index is 1.26. The number of benzene rings is 1. The lowest BCUT2D eigenvalue weighted by molar-refractivity contribution is 0.193. The van der Waals surface area contributed by atoms with Gasteiger partial charge in [-0.1, -0.05) is 6.07 Å². The van der Waals surface area contributed by atoms with E-state index in [1.807, 2.05) is 29.2 Å². The normalized spacial score (nSPS) is 16.5. The molecular weight excluding hydrogens is 370 g/mol. The zero-order valence-corrected chi connectivity index (χ0v) is 16.9. The first-order valence-corrected chi connectivity index (χ1v) is 10.00. The first-order valence-electron chi connectivity index (χ1n) is 10.00. The molecule has 0 spiro atoms. The van der Waals surface area contributed by atoms with Crippen molar-refractivity contribution in [3.05, 3.63) is 41.6 Å². The summed E-state index contributed by atoms with van der Waals surface area (Å²) in [5.74, 6) is 2.83. The lowest BCUT2D eigenvalue weighted by atomic mass is 10.2. The van der Waals surface area contributed by atoms with Crippen molar-refractivity contribution >= 4 is 11.8 Å². The van der Waals surface area contributed by atoms with Crippen LogP contribution < -0.4 is 19.7 Å². The SMILES string of the molecule is COc1ccc(CNC(=O)N2CCN(c3ccc(C4CC4)nn3)CC2)cc1OC. The minimum Gasteiger partial charge on any atom is -0.493 e. The molecule has 0 unspecified atom stereocenters. The number of piperazine rings is 1. The first kappa shape index (κ1) is 19.3. The zero-order valence-electron chi connectivity index (χ0n) is 16.9. The number of aromatic nitrogens is 2. The Hall–Kier alpha value is -3.03. The van der Waals surface area contributed by atoms with Crippen LogP contribution in [0.5, 0.6) is 11.5 Å². The van der Waals surface area contributed by atoms with Gasteiger partial charge in [0.1, 0.15) is 0 Å². The number of hydrogen-bond donors (Lipinski definition) is 1. The number of nitrogens with one attached hydrogen (secondary N) is 1. The Morgan fingerprint density at radius 3 is 2.41 bits per heavy atom. The molecular formula is C21H27N5O3. The number of hydrogen-bond acceptors (Lipinski definition) is 6. The van der Waals surface area contributed by atoms with E-state index in [0.717, 1.165) is 30.2 Å². The molecule has 8 heteroatoms. The summed E-state index contributed by atoms with van der Waals surface area (Å²) in [7, 11) is 3.20. The molecule has 4 rings (SSSR count). The van der Waals surface area contributed by atoms with Crippen LogP contribution in [-0.2, 0) is 6.54 Å². The highest BCUT2D eigenvalue weighted by molar-refractivity contribution is 5.74. The predicted octanol–water partition coefficient (Wildman–Crippen LogP) is 2.40. The van der Waals surface area contributed by atoms with Crippen LogP contribution in [0.25, 0.3) is 0 Å². The molecule has 0 atom stereocenters. The molecule has 0 radical (unpaired) electrons. The van der Waals surface area contributed by atoms with Gasteiger partial charge in [0.25, 0.3) is 0 Å². The summed E-state index contributed by atoms with van der Waals surface area (Å²) in [5, 5.41) is 11.7. The highest BCUT2D eigenvalue weighted by Crippen LogP contribution is 2.38. The summed E-state index contributed by atoms with van der Waals surface area (Å²) in [6.45, 7) is 3.25. The molecule has 0 bridgehead atoms. The van der Waals surface area contributed by atoms with E-state index in [1.54, 1.807) is 14.2 Å². The third-order valence-electron chi connectivity index (χ3n) is 5.45. The number of urea groups is 1. The molecule has 1 aliphatic carbocycles. The van der Waals surface area contributed by atoms with E-state index in [0.29, 0.717) is 37.1 Å². The van der Waals surface area contributed by atoms with Crippen molar-refractivity contribution in [2.24, 2.45) is 0 Å². The van der Waals surface area contributed by atoms with E-state index in [-0.39, 0.29) is 6.03 Å². The van der Waals surface area contributed by atoms with E-state index in [1.165, 1.54) is 12.8 Å². The Labute approximate surface area is 170 Å². The Morgan fingerprint density at radius 2 is 1.79 bits per heavy atom. The summed E-state index contributed by atoms with van der Waals surface area (Å²) in [6.07, 6.45) is 2.45. The lowest BCUT2D eigenvalue weighted by Gasteiger charge is -2.35. The number of rotatable bonds is 6. The molecule has 1 aliphatic heterocycles. The summed E-state index contributed by atoms with van der Waals surface area (Å²) in [4.78, 5) is 16.6. The second-order valence-corrected chi connectivity index (χ2v) is 7.41. The summed E-state index contributed by atoms with van der Waals surface area (Å²) < 4.78 is 10.6. The maximum absolute atomic E-state index is 12.5. The average Bonchev–Trinajstić information content (AvgIpc) is 3.63. The van der Waals surface area contributed by atoms with E-state index < -0.39 is 0 Å². The van der Waals surface area contributed by atoms with E-state index in [9.17, 15) is 4.79 Å². The van der Waals surface area contributed by atoms with Crippen molar-refractivity contribution in [1.29, 1.82) is 0 Å². The number of amides is 2. The van der Waals surface area contributed by atoms with Gasteiger partial charge in [0.05, 0.1) is 19.9 Å². The molecule has 2 aliphatic rings. The molecule has 8 nitrogen and oxygen atoms in total. The molecule has 2 heterocycles. The highest BCUT2D eigenvalue weighted by Gasteiger charge is 2.26. The second kappa shape index (κ2) is 8.55. The Kier molecular flexibility index (Phi) is 5.69.